The van der Waals surface area contributed by atoms with Crippen LogP contribution in [-0.2, 0) is 0 Å². The fourth-order valence-corrected chi connectivity index (χ4v) is 1.81. The van der Waals surface area contributed by atoms with Crippen LogP contribution in [0.15, 0.2) is 35.1 Å². The van der Waals surface area contributed by atoms with Gasteiger partial charge in [0.1, 0.15) is 12.9 Å². The minimum atomic E-state index is -0.274. The van der Waals surface area contributed by atoms with Gasteiger partial charge in [-0.1, -0.05) is 11.2 Å². The number of hydrogen-bond donors (Lipinski definition) is 2. The maximum atomic E-state index is 12.1. The van der Waals surface area contributed by atoms with Crippen LogP contribution < -0.4 is 15.4 Å². The highest BCUT2D eigenvalue weighted by atomic mass is 16.5. The van der Waals surface area contributed by atoms with Crippen LogP contribution >= 0.6 is 0 Å². The first-order valence-corrected chi connectivity index (χ1v) is 5.56. The van der Waals surface area contributed by atoms with E-state index in [1.807, 2.05) is 6.07 Å². The predicted octanol–water partition coefficient (Wildman–Crippen LogP) is 1.73. The Morgan fingerprint density at radius 1 is 1.39 bits per heavy atom. The number of carbonyl (C=O) groups is 1. The van der Waals surface area contributed by atoms with Gasteiger partial charge >= 0.3 is 0 Å². The van der Waals surface area contributed by atoms with Gasteiger partial charge in [-0.05, 0) is 12.1 Å². The molecule has 1 aromatic heterocycles. The van der Waals surface area contributed by atoms with E-state index in [2.05, 4.69) is 20.3 Å². The molecule has 0 bridgehead atoms. The number of nitrogens with one attached hydrogen (secondary N) is 2. The SMILES string of the molecule is O=C(Nc1ccon1)c1cccc2c1OCCN2. The minimum Gasteiger partial charge on any atom is -0.489 e. The molecule has 0 radical (unpaired) electrons. The molecule has 1 aromatic carbocycles. The molecule has 0 saturated heterocycles. The fourth-order valence-electron chi connectivity index (χ4n) is 1.81. The Morgan fingerprint density at radius 2 is 2.33 bits per heavy atom. The number of hydrogen-bond acceptors (Lipinski definition) is 5. The molecule has 0 unspecified atom stereocenters. The quantitative estimate of drug-likeness (QED) is 0.842. The van der Waals surface area contributed by atoms with Gasteiger partial charge in [-0.2, -0.15) is 0 Å². The van der Waals surface area contributed by atoms with Crippen LogP contribution in [0.25, 0.3) is 0 Å². The van der Waals surface area contributed by atoms with Crippen molar-refractivity contribution in [1.82, 2.24) is 5.16 Å². The number of anilines is 2. The topological polar surface area (TPSA) is 76.4 Å². The van der Waals surface area contributed by atoms with E-state index in [9.17, 15) is 4.79 Å². The van der Waals surface area contributed by atoms with E-state index < -0.39 is 0 Å². The molecule has 2 aromatic rings. The summed E-state index contributed by atoms with van der Waals surface area (Å²) in [7, 11) is 0. The zero-order valence-electron chi connectivity index (χ0n) is 9.47. The maximum absolute atomic E-state index is 12.1. The van der Waals surface area contributed by atoms with Crippen molar-refractivity contribution in [1.29, 1.82) is 0 Å². The second-order valence-electron chi connectivity index (χ2n) is 3.80. The Hall–Kier alpha value is -2.50. The monoisotopic (exact) mass is 245 g/mol. The van der Waals surface area contributed by atoms with Crippen molar-refractivity contribution in [2.24, 2.45) is 0 Å². The van der Waals surface area contributed by atoms with Crippen LogP contribution in [0.5, 0.6) is 5.75 Å². The maximum Gasteiger partial charge on any atom is 0.260 e. The van der Waals surface area contributed by atoms with Crippen molar-refractivity contribution < 1.29 is 14.1 Å². The lowest BCUT2D eigenvalue weighted by atomic mass is 10.1. The number of rotatable bonds is 2. The number of amides is 1. The van der Waals surface area contributed by atoms with Crippen molar-refractivity contribution in [2.75, 3.05) is 23.8 Å². The molecule has 92 valence electrons. The lowest BCUT2D eigenvalue weighted by molar-refractivity contribution is 0.102. The highest BCUT2D eigenvalue weighted by molar-refractivity contribution is 6.06. The standard InChI is InChI=1S/C12H11N3O3/c16-12(14-10-4-6-18-15-10)8-2-1-3-9-11(8)17-7-5-13-9/h1-4,6,13H,5,7H2,(H,14,15,16). The summed E-state index contributed by atoms with van der Waals surface area (Å²) in [5.74, 6) is 0.676. The van der Waals surface area contributed by atoms with Gasteiger partial charge in [0.05, 0.1) is 11.3 Å². The van der Waals surface area contributed by atoms with E-state index in [1.54, 1.807) is 18.2 Å². The number of benzene rings is 1. The Balaban J connectivity index is 1.89. The molecular weight excluding hydrogens is 234 g/mol. The van der Waals surface area contributed by atoms with Crippen LogP contribution in [0.3, 0.4) is 0 Å². The molecule has 0 atom stereocenters. The molecule has 0 fully saturated rings. The minimum absolute atomic E-state index is 0.274. The summed E-state index contributed by atoms with van der Waals surface area (Å²) in [4.78, 5) is 12.1. The summed E-state index contributed by atoms with van der Waals surface area (Å²) >= 11 is 0. The smallest absolute Gasteiger partial charge is 0.260 e. The molecule has 2 heterocycles. The molecule has 6 nitrogen and oxygen atoms in total. The predicted molar refractivity (Wildman–Crippen MR) is 64.9 cm³/mol. The van der Waals surface area contributed by atoms with Gasteiger partial charge in [0.25, 0.3) is 5.91 Å². The second-order valence-corrected chi connectivity index (χ2v) is 3.80. The summed E-state index contributed by atoms with van der Waals surface area (Å²) in [5, 5.41) is 9.44. The largest absolute Gasteiger partial charge is 0.489 e. The number of ether oxygens (including phenoxy) is 1. The first-order valence-electron chi connectivity index (χ1n) is 5.56. The van der Waals surface area contributed by atoms with Crippen LogP contribution in [0.4, 0.5) is 11.5 Å². The Bertz CT molecular complexity index is 566. The molecule has 6 heteroatoms. The average Bonchev–Trinajstić information content (AvgIpc) is 2.91. The number of carbonyl (C=O) groups excluding carboxylic acids is 1. The van der Waals surface area contributed by atoms with E-state index in [0.717, 1.165) is 12.2 Å². The molecule has 1 amide bonds. The number of fused-ring (bicyclic) bond motifs is 1. The van der Waals surface area contributed by atoms with E-state index in [-0.39, 0.29) is 5.91 Å². The van der Waals surface area contributed by atoms with Gasteiger partial charge in [0.2, 0.25) is 0 Å². The number of para-hydroxylation sites is 1. The average molecular weight is 245 g/mol. The summed E-state index contributed by atoms with van der Waals surface area (Å²) < 4.78 is 10.2. The summed E-state index contributed by atoms with van der Waals surface area (Å²) in [6.45, 7) is 1.28. The zero-order valence-corrected chi connectivity index (χ0v) is 9.47. The van der Waals surface area contributed by atoms with Gasteiger partial charge in [0, 0.05) is 12.6 Å². The highest BCUT2D eigenvalue weighted by Crippen LogP contribution is 2.31. The highest BCUT2D eigenvalue weighted by Gasteiger charge is 2.19. The molecule has 0 aliphatic carbocycles. The van der Waals surface area contributed by atoms with E-state index in [4.69, 9.17) is 4.74 Å². The molecule has 0 saturated carbocycles. The first-order chi connectivity index (χ1) is 8.84. The summed E-state index contributed by atoms with van der Waals surface area (Å²) in [5.41, 5.74) is 1.30. The van der Waals surface area contributed by atoms with Crippen LogP contribution in [0, 0.1) is 0 Å². The van der Waals surface area contributed by atoms with Crippen LogP contribution in [0.2, 0.25) is 0 Å². The van der Waals surface area contributed by atoms with Crippen LogP contribution in [0.1, 0.15) is 10.4 Å². The lowest BCUT2D eigenvalue weighted by Gasteiger charge is -2.21. The van der Waals surface area contributed by atoms with Crippen LogP contribution in [-0.4, -0.2) is 24.2 Å². The second kappa shape index (κ2) is 4.40. The van der Waals surface area contributed by atoms with E-state index in [0.29, 0.717) is 23.7 Å². The van der Waals surface area contributed by atoms with Crippen molar-refractivity contribution in [2.45, 2.75) is 0 Å². The molecule has 18 heavy (non-hydrogen) atoms. The molecule has 2 N–H and O–H groups in total. The first kappa shape index (κ1) is 10.6. The van der Waals surface area contributed by atoms with Gasteiger partial charge < -0.3 is 19.9 Å². The molecule has 1 aliphatic rings. The molecule has 1 aliphatic heterocycles. The van der Waals surface area contributed by atoms with Gasteiger partial charge in [0.15, 0.2) is 11.6 Å². The summed E-state index contributed by atoms with van der Waals surface area (Å²) in [6, 6.07) is 6.97. The number of aromatic nitrogens is 1. The van der Waals surface area contributed by atoms with Gasteiger partial charge in [-0.25, -0.2) is 0 Å². The summed E-state index contributed by atoms with van der Waals surface area (Å²) in [6.07, 6.45) is 1.40. The normalized spacial score (nSPS) is 13.1. The van der Waals surface area contributed by atoms with Gasteiger partial charge in [-0.15, -0.1) is 0 Å². The third-order valence-corrected chi connectivity index (χ3v) is 2.60. The number of nitrogens with zero attached hydrogens (tertiary/aromatic N) is 1. The third-order valence-electron chi connectivity index (χ3n) is 2.60. The Kier molecular flexibility index (Phi) is 2.60. The molecule has 3 rings (SSSR count). The zero-order chi connectivity index (χ0) is 12.4. The van der Waals surface area contributed by atoms with E-state index in [1.165, 1.54) is 6.26 Å². The van der Waals surface area contributed by atoms with Crippen molar-refractivity contribution in [3.8, 4) is 5.75 Å². The Morgan fingerprint density at radius 3 is 3.17 bits per heavy atom. The van der Waals surface area contributed by atoms with Crippen molar-refractivity contribution in [3.05, 3.63) is 36.1 Å². The molecular formula is C12H11N3O3. The van der Waals surface area contributed by atoms with Crippen molar-refractivity contribution >= 4 is 17.4 Å². The van der Waals surface area contributed by atoms with E-state index >= 15 is 0 Å². The third kappa shape index (κ3) is 1.88. The Labute approximate surface area is 103 Å². The van der Waals surface area contributed by atoms with Crippen molar-refractivity contribution in [3.63, 3.8) is 0 Å². The lowest BCUT2D eigenvalue weighted by Crippen LogP contribution is -2.21. The fraction of sp³-hybridized carbons (Fsp3) is 0.167. The molecule has 0 spiro atoms. The van der Waals surface area contributed by atoms with Gasteiger partial charge in [-0.3, -0.25) is 4.79 Å².